The van der Waals surface area contributed by atoms with Crippen LogP contribution in [0.25, 0.3) is 0 Å². The Morgan fingerprint density at radius 1 is 1.24 bits per heavy atom. The van der Waals surface area contributed by atoms with Crippen LogP contribution < -0.4 is 5.48 Å². The van der Waals surface area contributed by atoms with Crippen LogP contribution in [0.4, 0.5) is 4.79 Å². The summed E-state index contributed by atoms with van der Waals surface area (Å²) in [6.45, 7) is 13.6. The minimum absolute atomic E-state index is 0.00556. The highest BCUT2D eigenvalue weighted by Crippen LogP contribution is 2.67. The summed E-state index contributed by atoms with van der Waals surface area (Å²) in [7, 11) is 0. The topological polar surface area (TPSA) is 152 Å². The Bertz CT molecular complexity index is 890. The van der Waals surface area contributed by atoms with Crippen LogP contribution in [0.1, 0.15) is 67.2 Å². The van der Waals surface area contributed by atoms with Crippen molar-refractivity contribution in [1.82, 2.24) is 5.48 Å². The summed E-state index contributed by atoms with van der Waals surface area (Å²) >= 11 is 0. The van der Waals surface area contributed by atoms with Crippen molar-refractivity contribution in [3.05, 3.63) is 12.7 Å². The molecule has 3 rings (SSSR count). The van der Waals surface area contributed by atoms with E-state index in [-0.39, 0.29) is 12.8 Å². The molecule has 3 fully saturated rings. The number of aliphatic hydroxyl groups is 3. The molecule has 1 saturated heterocycles. The maximum absolute atomic E-state index is 13.7. The molecule has 192 valence electrons. The summed E-state index contributed by atoms with van der Waals surface area (Å²) in [4.78, 5) is 42.4. The molecule has 34 heavy (non-hydrogen) atoms. The van der Waals surface area contributed by atoms with E-state index < -0.39 is 69.7 Å². The quantitative estimate of drug-likeness (QED) is 0.346. The fourth-order valence-corrected chi connectivity index (χ4v) is 6.79. The van der Waals surface area contributed by atoms with E-state index in [1.807, 2.05) is 19.3 Å². The fraction of sp³-hybridized carbons (Fsp3) is 0.792. The Hall–Kier alpha value is -2.01. The summed E-state index contributed by atoms with van der Waals surface area (Å²) in [5, 5.41) is 35.1. The van der Waals surface area contributed by atoms with Crippen molar-refractivity contribution in [2.45, 2.75) is 102 Å². The molecule has 1 aliphatic heterocycles. The number of hydrogen-bond acceptors (Lipinski definition) is 9. The summed E-state index contributed by atoms with van der Waals surface area (Å²) in [6, 6.07) is 0. The monoisotopic (exact) mass is 483 g/mol. The molecule has 2 saturated carbocycles. The number of carbonyl (C=O) groups excluding carboxylic acids is 3. The Balaban J connectivity index is 2.17. The SMILES string of the molecule is C=C[C@@]1(C)CC(=O)[C@]2(O)[C@@]3(C)[C@@H](O)CCC(C)(C)[C@@H]3[C@H](O)[C@H](OC(=O)NOC(=O)CC)[C@@]2(C)O1. The maximum Gasteiger partial charge on any atom is 0.441 e. The number of Topliss-reactive ketones (excluding diaryl/α,β-unsaturated/α-hetero) is 1. The largest absolute Gasteiger partial charge is 0.441 e. The average molecular weight is 484 g/mol. The van der Waals surface area contributed by atoms with Crippen LogP contribution in [-0.4, -0.2) is 68.3 Å². The summed E-state index contributed by atoms with van der Waals surface area (Å²) in [6.07, 6.45) is -3.32. The van der Waals surface area contributed by atoms with Crippen LogP contribution in [0.2, 0.25) is 0 Å². The van der Waals surface area contributed by atoms with Gasteiger partial charge in [0.05, 0.1) is 17.8 Å². The number of rotatable bonds is 3. The van der Waals surface area contributed by atoms with Crippen molar-refractivity contribution in [1.29, 1.82) is 0 Å². The van der Waals surface area contributed by atoms with Gasteiger partial charge in [0.25, 0.3) is 0 Å². The normalized spacial score (nSPS) is 45.4. The lowest BCUT2D eigenvalue weighted by atomic mass is 9.40. The second kappa shape index (κ2) is 8.29. The Morgan fingerprint density at radius 2 is 1.85 bits per heavy atom. The molecule has 2 aliphatic carbocycles. The molecular weight excluding hydrogens is 446 g/mol. The molecule has 0 aromatic rings. The van der Waals surface area contributed by atoms with Gasteiger partial charge in [0.2, 0.25) is 0 Å². The molecule has 0 bridgehead atoms. The second-order valence-corrected chi connectivity index (χ2v) is 11.1. The van der Waals surface area contributed by atoms with Gasteiger partial charge in [0.1, 0.15) is 5.60 Å². The first-order chi connectivity index (χ1) is 15.5. The number of hydrogen-bond donors (Lipinski definition) is 4. The first kappa shape index (κ1) is 26.6. The molecule has 8 atom stereocenters. The zero-order valence-corrected chi connectivity index (χ0v) is 20.7. The highest BCUT2D eigenvalue weighted by molar-refractivity contribution is 5.92. The number of amides is 1. The summed E-state index contributed by atoms with van der Waals surface area (Å²) < 4.78 is 11.8. The van der Waals surface area contributed by atoms with Crippen molar-refractivity contribution in [3.63, 3.8) is 0 Å². The Morgan fingerprint density at radius 3 is 2.41 bits per heavy atom. The van der Waals surface area contributed by atoms with Crippen LogP contribution in [0.5, 0.6) is 0 Å². The molecule has 3 aliphatic rings. The van der Waals surface area contributed by atoms with E-state index in [4.69, 9.17) is 9.47 Å². The molecule has 10 nitrogen and oxygen atoms in total. The van der Waals surface area contributed by atoms with E-state index >= 15 is 0 Å². The third-order valence-electron chi connectivity index (χ3n) is 8.50. The third kappa shape index (κ3) is 3.49. The smallest absolute Gasteiger partial charge is 0.438 e. The molecule has 1 amide bonds. The molecule has 4 N–H and O–H groups in total. The third-order valence-corrected chi connectivity index (χ3v) is 8.50. The number of aliphatic hydroxyl groups excluding tert-OH is 2. The first-order valence-electron chi connectivity index (χ1n) is 11.7. The zero-order chi connectivity index (χ0) is 25.9. The number of hydroxylamine groups is 1. The van der Waals surface area contributed by atoms with Crippen LogP contribution >= 0.6 is 0 Å². The molecule has 0 aromatic carbocycles. The number of nitrogens with one attached hydrogen (secondary N) is 1. The second-order valence-electron chi connectivity index (χ2n) is 11.1. The van der Waals surface area contributed by atoms with E-state index in [1.165, 1.54) is 19.9 Å². The van der Waals surface area contributed by atoms with Gasteiger partial charge >= 0.3 is 12.1 Å². The van der Waals surface area contributed by atoms with Gasteiger partial charge in [0.15, 0.2) is 17.5 Å². The minimum Gasteiger partial charge on any atom is -0.438 e. The number of carbonyl (C=O) groups is 3. The predicted octanol–water partition coefficient (Wildman–Crippen LogP) is 1.55. The Labute approximate surface area is 199 Å². The van der Waals surface area contributed by atoms with Gasteiger partial charge < -0.3 is 29.6 Å². The van der Waals surface area contributed by atoms with E-state index in [2.05, 4.69) is 11.4 Å². The predicted molar refractivity (Wildman–Crippen MR) is 119 cm³/mol. The van der Waals surface area contributed by atoms with Crippen molar-refractivity contribution in [2.75, 3.05) is 0 Å². The molecule has 0 spiro atoms. The molecule has 1 heterocycles. The lowest BCUT2D eigenvalue weighted by Gasteiger charge is -2.71. The Kier molecular flexibility index (Phi) is 6.48. The van der Waals surface area contributed by atoms with Crippen molar-refractivity contribution in [3.8, 4) is 0 Å². The van der Waals surface area contributed by atoms with Gasteiger partial charge in [-0.3, -0.25) is 4.79 Å². The van der Waals surface area contributed by atoms with Gasteiger partial charge in [-0.2, -0.15) is 0 Å². The van der Waals surface area contributed by atoms with Crippen molar-refractivity contribution >= 4 is 17.8 Å². The van der Waals surface area contributed by atoms with E-state index in [1.54, 1.807) is 13.8 Å². The van der Waals surface area contributed by atoms with Crippen molar-refractivity contribution < 1.29 is 44.0 Å². The standard InChI is InChI=1S/C24H37NO9/c1-8-15(28)33-25-19(30)32-18-16(29)17-20(3,4)11-10-13(26)22(17,6)24(31)14(27)12-21(5,9-2)34-23(18,24)7/h9,13,16-18,26,29,31H,2,8,10-12H2,1,3-7H3,(H,25,30)/t13-,16-,17-,18-,21-,22-,23+,24-/m0/s1. The molecule has 0 unspecified atom stereocenters. The number of fused-ring (bicyclic) bond motifs is 3. The van der Waals surface area contributed by atoms with Crippen LogP contribution in [0, 0.1) is 16.7 Å². The zero-order valence-electron chi connectivity index (χ0n) is 20.7. The van der Waals surface area contributed by atoms with Gasteiger partial charge in [-0.1, -0.05) is 33.8 Å². The maximum atomic E-state index is 13.7. The molecular formula is C24H37NO9. The minimum atomic E-state index is -2.32. The summed E-state index contributed by atoms with van der Waals surface area (Å²) in [5.41, 5.74) is -5.83. The van der Waals surface area contributed by atoms with E-state index in [0.29, 0.717) is 12.8 Å². The summed E-state index contributed by atoms with van der Waals surface area (Å²) in [5.74, 6) is -2.17. The fourth-order valence-electron chi connectivity index (χ4n) is 6.79. The van der Waals surface area contributed by atoms with Crippen LogP contribution in [0.15, 0.2) is 12.7 Å². The molecule has 0 aromatic heterocycles. The van der Waals surface area contributed by atoms with Gasteiger partial charge in [-0.25, -0.2) is 9.59 Å². The number of ether oxygens (including phenoxy) is 2. The molecule has 0 radical (unpaired) electrons. The highest BCUT2D eigenvalue weighted by Gasteiger charge is 2.81. The van der Waals surface area contributed by atoms with Crippen LogP contribution in [-0.2, 0) is 23.9 Å². The highest BCUT2D eigenvalue weighted by atomic mass is 16.7. The average Bonchev–Trinajstić information content (AvgIpc) is 2.75. The van der Waals surface area contributed by atoms with Crippen LogP contribution in [0.3, 0.4) is 0 Å². The molecule has 10 heteroatoms. The van der Waals surface area contributed by atoms with E-state index in [9.17, 15) is 29.7 Å². The van der Waals surface area contributed by atoms with Crippen molar-refractivity contribution in [2.24, 2.45) is 16.7 Å². The van der Waals surface area contributed by atoms with Gasteiger partial charge in [-0.15, -0.1) is 12.1 Å². The van der Waals surface area contributed by atoms with E-state index in [0.717, 1.165) is 0 Å². The van der Waals surface area contributed by atoms with Gasteiger partial charge in [0, 0.05) is 24.2 Å². The lowest BCUT2D eigenvalue weighted by molar-refractivity contribution is -0.369. The lowest BCUT2D eigenvalue weighted by Crippen LogP contribution is -2.86. The van der Waals surface area contributed by atoms with Gasteiger partial charge in [-0.05, 0) is 32.1 Å². The number of ketones is 1. The first-order valence-corrected chi connectivity index (χ1v) is 11.7.